The van der Waals surface area contributed by atoms with E-state index in [2.05, 4.69) is 15.8 Å². The van der Waals surface area contributed by atoms with Gasteiger partial charge in [-0.2, -0.15) is 0 Å². The number of furan rings is 1. The van der Waals surface area contributed by atoms with Crippen molar-refractivity contribution < 1.29 is 18.7 Å². The molecule has 0 radical (unpaired) electrons. The smallest absolute Gasteiger partial charge is 0.305 e. The molecule has 2 heterocycles. The zero-order chi connectivity index (χ0) is 23.3. The normalized spacial score (nSPS) is 10.7. The van der Waals surface area contributed by atoms with E-state index in [0.717, 1.165) is 21.3 Å². The summed E-state index contributed by atoms with van der Waals surface area (Å²) >= 11 is 1.47. The molecule has 7 nitrogen and oxygen atoms in total. The summed E-state index contributed by atoms with van der Waals surface area (Å²) in [5.41, 5.74) is 7.41. The van der Waals surface area contributed by atoms with Gasteiger partial charge in [0.25, 0.3) is 5.91 Å². The second-order valence-corrected chi connectivity index (χ2v) is 8.33. The van der Waals surface area contributed by atoms with Gasteiger partial charge >= 0.3 is 5.91 Å². The number of hydrogen-bond donors (Lipinski definition) is 2. The molecular formula is C26H19N3O4S. The zero-order valence-electron chi connectivity index (χ0n) is 17.9. The fraction of sp³-hybridized carbons (Fsp3) is 0.0385. The van der Waals surface area contributed by atoms with E-state index in [0.29, 0.717) is 16.5 Å². The number of ether oxygens (including phenoxy) is 1. The van der Waals surface area contributed by atoms with Crippen LogP contribution in [0.25, 0.3) is 32.1 Å². The molecule has 2 amide bonds. The van der Waals surface area contributed by atoms with Crippen LogP contribution < -0.4 is 15.6 Å². The van der Waals surface area contributed by atoms with Crippen molar-refractivity contribution in [2.75, 3.05) is 6.61 Å². The van der Waals surface area contributed by atoms with Crippen LogP contribution in [0.1, 0.15) is 10.6 Å². The van der Waals surface area contributed by atoms with Crippen molar-refractivity contribution >= 4 is 33.4 Å². The van der Waals surface area contributed by atoms with Gasteiger partial charge in [-0.3, -0.25) is 20.4 Å². The lowest BCUT2D eigenvalue weighted by atomic mass is 10.1. The molecule has 8 heteroatoms. The van der Waals surface area contributed by atoms with E-state index >= 15 is 0 Å². The highest BCUT2D eigenvalue weighted by atomic mass is 32.1. The van der Waals surface area contributed by atoms with Gasteiger partial charge < -0.3 is 9.15 Å². The summed E-state index contributed by atoms with van der Waals surface area (Å²) in [7, 11) is 0. The van der Waals surface area contributed by atoms with Crippen molar-refractivity contribution in [3.63, 3.8) is 0 Å². The fourth-order valence-electron chi connectivity index (χ4n) is 3.37. The Labute approximate surface area is 199 Å². The van der Waals surface area contributed by atoms with Gasteiger partial charge in [0, 0.05) is 5.56 Å². The summed E-state index contributed by atoms with van der Waals surface area (Å²) in [6, 6.07) is 28.2. The van der Waals surface area contributed by atoms with E-state index in [-0.39, 0.29) is 12.4 Å². The zero-order valence-corrected chi connectivity index (χ0v) is 18.7. The van der Waals surface area contributed by atoms with Crippen LogP contribution in [-0.4, -0.2) is 23.4 Å². The monoisotopic (exact) mass is 469 g/mol. The molecule has 2 aromatic heterocycles. The molecule has 0 aliphatic carbocycles. The number of amides is 2. The van der Waals surface area contributed by atoms with Crippen molar-refractivity contribution in [1.29, 1.82) is 0 Å². The maximum Gasteiger partial charge on any atom is 0.305 e. The van der Waals surface area contributed by atoms with Crippen molar-refractivity contribution in [3.8, 4) is 27.6 Å². The highest BCUT2D eigenvalue weighted by Gasteiger charge is 2.16. The molecule has 5 rings (SSSR count). The highest BCUT2D eigenvalue weighted by Crippen LogP contribution is 2.31. The number of fused-ring (bicyclic) bond motifs is 1. The number of aromatic nitrogens is 1. The average molecular weight is 470 g/mol. The summed E-state index contributed by atoms with van der Waals surface area (Å²) in [6.07, 6.45) is 0. The fourth-order valence-corrected chi connectivity index (χ4v) is 4.30. The maximum atomic E-state index is 12.4. The van der Waals surface area contributed by atoms with Crippen LogP contribution in [-0.2, 0) is 4.79 Å². The molecule has 0 aliphatic heterocycles. The first-order chi connectivity index (χ1) is 16.7. The lowest BCUT2D eigenvalue weighted by Crippen LogP contribution is -2.43. The number of hydrogen-bond acceptors (Lipinski definition) is 6. The van der Waals surface area contributed by atoms with E-state index in [1.165, 1.54) is 17.4 Å². The second kappa shape index (κ2) is 9.60. The number of carbonyl (C=O) groups excluding carboxylic acids is 2. The SMILES string of the molecule is O=C(COc1ccccc1-c1ccccc1)NNC(=O)c1ccc(-c2nc3ccccc3s2)o1. The predicted molar refractivity (Wildman–Crippen MR) is 130 cm³/mol. The third kappa shape index (κ3) is 4.67. The Bertz CT molecular complexity index is 1430. The predicted octanol–water partition coefficient (Wildman–Crippen LogP) is 5.06. The van der Waals surface area contributed by atoms with Gasteiger partial charge in [-0.05, 0) is 35.9 Å². The number of para-hydroxylation sites is 2. The van der Waals surface area contributed by atoms with E-state index < -0.39 is 11.8 Å². The quantitative estimate of drug-likeness (QED) is 0.339. The third-order valence-corrected chi connectivity index (χ3v) is 6.03. The Morgan fingerprint density at radius 1 is 0.853 bits per heavy atom. The number of benzene rings is 3. The Morgan fingerprint density at radius 2 is 1.62 bits per heavy atom. The molecule has 0 spiro atoms. The first-order valence-electron chi connectivity index (χ1n) is 10.5. The molecule has 5 aromatic rings. The minimum Gasteiger partial charge on any atom is -0.483 e. The van der Waals surface area contributed by atoms with E-state index in [1.54, 1.807) is 12.1 Å². The van der Waals surface area contributed by atoms with Gasteiger partial charge in [-0.25, -0.2) is 4.98 Å². The lowest BCUT2D eigenvalue weighted by molar-refractivity contribution is -0.123. The molecule has 0 fully saturated rings. The van der Waals surface area contributed by atoms with Gasteiger partial charge in [0.1, 0.15) is 5.75 Å². The van der Waals surface area contributed by atoms with Crippen LogP contribution in [0.4, 0.5) is 0 Å². The number of rotatable bonds is 6. The van der Waals surface area contributed by atoms with Crippen LogP contribution in [0.15, 0.2) is 95.4 Å². The first kappa shape index (κ1) is 21.4. The van der Waals surface area contributed by atoms with Crippen LogP contribution in [0.5, 0.6) is 5.75 Å². The average Bonchev–Trinajstić information content (AvgIpc) is 3.54. The van der Waals surface area contributed by atoms with Crippen LogP contribution in [0.3, 0.4) is 0 Å². The van der Waals surface area contributed by atoms with Crippen molar-refractivity contribution in [2.24, 2.45) is 0 Å². The molecular weight excluding hydrogens is 450 g/mol. The summed E-state index contributed by atoms with van der Waals surface area (Å²) < 4.78 is 12.4. The third-order valence-electron chi connectivity index (χ3n) is 4.98. The maximum absolute atomic E-state index is 12.4. The van der Waals surface area contributed by atoms with E-state index in [9.17, 15) is 9.59 Å². The largest absolute Gasteiger partial charge is 0.483 e. The second-order valence-electron chi connectivity index (χ2n) is 7.30. The van der Waals surface area contributed by atoms with Gasteiger partial charge in [0.15, 0.2) is 23.1 Å². The minimum atomic E-state index is -0.578. The first-order valence-corrected chi connectivity index (χ1v) is 11.3. The molecule has 2 N–H and O–H groups in total. The van der Waals surface area contributed by atoms with Crippen LogP contribution in [0, 0.1) is 0 Å². The molecule has 0 saturated carbocycles. The van der Waals surface area contributed by atoms with Crippen molar-refractivity contribution in [1.82, 2.24) is 15.8 Å². The number of hydrazine groups is 1. The summed E-state index contributed by atoms with van der Waals surface area (Å²) in [6.45, 7) is -0.265. The number of nitrogens with one attached hydrogen (secondary N) is 2. The van der Waals surface area contributed by atoms with E-state index in [4.69, 9.17) is 9.15 Å². The number of thiazole rings is 1. The molecule has 0 atom stereocenters. The molecule has 0 saturated heterocycles. The summed E-state index contributed by atoms with van der Waals surface area (Å²) in [5.74, 6) is 0.0321. The van der Waals surface area contributed by atoms with Crippen LogP contribution in [0.2, 0.25) is 0 Å². The van der Waals surface area contributed by atoms with Gasteiger partial charge in [0.2, 0.25) is 0 Å². The molecule has 34 heavy (non-hydrogen) atoms. The number of carbonyl (C=O) groups is 2. The Hall–Kier alpha value is -4.43. The minimum absolute atomic E-state index is 0.0601. The van der Waals surface area contributed by atoms with Gasteiger partial charge in [0.05, 0.1) is 10.2 Å². The molecule has 0 bridgehead atoms. The molecule has 3 aromatic carbocycles. The number of nitrogens with zero attached hydrogens (tertiary/aromatic N) is 1. The molecule has 168 valence electrons. The lowest BCUT2D eigenvalue weighted by Gasteiger charge is -2.12. The van der Waals surface area contributed by atoms with Gasteiger partial charge in [-0.1, -0.05) is 60.7 Å². The summed E-state index contributed by atoms with van der Waals surface area (Å²) in [5, 5.41) is 0.676. The Morgan fingerprint density at radius 3 is 2.47 bits per heavy atom. The highest BCUT2D eigenvalue weighted by molar-refractivity contribution is 7.21. The molecule has 0 unspecified atom stereocenters. The van der Waals surface area contributed by atoms with E-state index in [1.807, 2.05) is 72.8 Å². The standard InChI is InChI=1S/C26H19N3O4S/c30-24(16-32-20-12-6-4-10-18(20)17-8-2-1-3-9-17)28-29-25(31)21-14-15-22(33-21)26-27-19-11-5-7-13-23(19)34-26/h1-15H,16H2,(H,28,30)(H,29,31). The van der Waals surface area contributed by atoms with Gasteiger partial charge in [-0.15, -0.1) is 11.3 Å². The summed E-state index contributed by atoms with van der Waals surface area (Å²) in [4.78, 5) is 29.2. The van der Waals surface area contributed by atoms with Crippen molar-refractivity contribution in [3.05, 3.63) is 96.8 Å². The van der Waals surface area contributed by atoms with Crippen LogP contribution >= 0.6 is 11.3 Å². The van der Waals surface area contributed by atoms with Crippen molar-refractivity contribution in [2.45, 2.75) is 0 Å². The Balaban J connectivity index is 1.17. The molecule has 0 aliphatic rings. The Kier molecular flexibility index (Phi) is 6.05. The topological polar surface area (TPSA) is 93.5 Å².